The summed E-state index contributed by atoms with van der Waals surface area (Å²) in [5.41, 5.74) is -1.83. The number of alkyl halides is 3. The molecule has 24 heavy (non-hydrogen) atoms. The molecule has 6 nitrogen and oxygen atoms in total. The highest BCUT2D eigenvalue weighted by molar-refractivity contribution is 5.28. The molecule has 0 spiro atoms. The van der Waals surface area contributed by atoms with Crippen LogP contribution in [-0.4, -0.2) is 32.6 Å². The summed E-state index contributed by atoms with van der Waals surface area (Å²) in [6.07, 6.45) is 1.37. The van der Waals surface area contributed by atoms with E-state index >= 15 is 0 Å². The largest absolute Gasteiger partial charge is 0.433 e. The van der Waals surface area contributed by atoms with Gasteiger partial charge in [-0.25, -0.2) is 15.0 Å². The smallest absolute Gasteiger partial charge is 0.341 e. The van der Waals surface area contributed by atoms with Crippen LogP contribution >= 0.6 is 0 Å². The Morgan fingerprint density at radius 2 is 1.79 bits per heavy atom. The molecular weight excluding hydrogens is 323 g/mol. The molecule has 3 heterocycles. The fourth-order valence-electron chi connectivity index (χ4n) is 2.77. The molecule has 0 saturated carbocycles. The number of piperidine rings is 1. The number of anilines is 1. The summed E-state index contributed by atoms with van der Waals surface area (Å²) in [5, 5.41) is 0. The molecule has 2 aromatic heterocycles. The summed E-state index contributed by atoms with van der Waals surface area (Å²) in [7, 11) is 0. The molecule has 1 aliphatic heterocycles. The molecule has 1 fully saturated rings. The Morgan fingerprint density at radius 1 is 1.12 bits per heavy atom. The number of hydrogen-bond donors (Lipinski definition) is 0. The molecule has 0 aliphatic carbocycles. The zero-order chi connectivity index (χ0) is 17.2. The van der Waals surface area contributed by atoms with Crippen LogP contribution in [0.4, 0.5) is 19.1 Å². The first-order valence-corrected chi connectivity index (χ1v) is 7.59. The number of halogens is 3. The molecule has 3 rings (SSSR count). The van der Waals surface area contributed by atoms with Crippen molar-refractivity contribution in [3.63, 3.8) is 0 Å². The number of hydrogen-bond acceptors (Lipinski definition) is 5. The van der Waals surface area contributed by atoms with Gasteiger partial charge in [0.05, 0.1) is 6.33 Å². The van der Waals surface area contributed by atoms with E-state index in [2.05, 4.69) is 19.9 Å². The molecule has 0 aromatic carbocycles. The van der Waals surface area contributed by atoms with Crippen molar-refractivity contribution in [2.24, 2.45) is 5.92 Å². The summed E-state index contributed by atoms with van der Waals surface area (Å²) < 4.78 is 38.8. The van der Waals surface area contributed by atoms with Crippen molar-refractivity contribution >= 4 is 5.95 Å². The van der Waals surface area contributed by atoms with Gasteiger partial charge in [0, 0.05) is 38.1 Å². The van der Waals surface area contributed by atoms with Gasteiger partial charge >= 0.3 is 6.18 Å². The second-order valence-electron chi connectivity index (χ2n) is 5.74. The van der Waals surface area contributed by atoms with Crippen molar-refractivity contribution in [1.29, 1.82) is 0 Å². The van der Waals surface area contributed by atoms with E-state index in [-0.39, 0.29) is 5.92 Å². The maximum atomic E-state index is 12.5. The highest BCUT2D eigenvalue weighted by Crippen LogP contribution is 2.26. The minimum atomic E-state index is -4.60. The predicted octanol–water partition coefficient (Wildman–Crippen LogP) is 1.97. The van der Waals surface area contributed by atoms with Gasteiger partial charge in [0.1, 0.15) is 0 Å². The average molecular weight is 339 g/mol. The highest BCUT2D eigenvalue weighted by Gasteiger charge is 2.33. The van der Waals surface area contributed by atoms with Crippen molar-refractivity contribution in [1.82, 2.24) is 19.5 Å². The molecule has 0 radical (unpaired) electrons. The summed E-state index contributed by atoms with van der Waals surface area (Å²) in [4.78, 5) is 25.6. The Balaban J connectivity index is 1.61. The van der Waals surface area contributed by atoms with Crippen molar-refractivity contribution < 1.29 is 13.2 Å². The van der Waals surface area contributed by atoms with Gasteiger partial charge in [0.25, 0.3) is 5.56 Å². The summed E-state index contributed by atoms with van der Waals surface area (Å²) in [6.45, 7) is 1.86. The number of rotatable bonds is 3. The fraction of sp³-hybridized carbons (Fsp3) is 0.467. The zero-order valence-corrected chi connectivity index (χ0v) is 12.8. The quantitative estimate of drug-likeness (QED) is 0.855. The molecular formula is C15H16F3N5O. The topological polar surface area (TPSA) is 63.9 Å². The molecule has 0 atom stereocenters. The van der Waals surface area contributed by atoms with Gasteiger partial charge in [-0.05, 0) is 24.8 Å². The molecule has 0 bridgehead atoms. The standard InChI is InChI=1S/C15H16F3N5O/c16-15(17,18)12-8-13(24)23(10-21-12)9-11-2-6-22(7-3-11)14-19-4-1-5-20-14/h1,4-5,8,10-11H,2-3,6-7,9H2. The third-order valence-electron chi connectivity index (χ3n) is 4.07. The van der Waals surface area contributed by atoms with Gasteiger partial charge in [-0.3, -0.25) is 9.36 Å². The van der Waals surface area contributed by atoms with Crippen LogP contribution in [0.25, 0.3) is 0 Å². The van der Waals surface area contributed by atoms with E-state index in [4.69, 9.17) is 0 Å². The lowest BCUT2D eigenvalue weighted by Gasteiger charge is -2.32. The van der Waals surface area contributed by atoms with Crippen LogP contribution in [-0.2, 0) is 12.7 Å². The molecule has 128 valence electrons. The van der Waals surface area contributed by atoms with Crippen LogP contribution in [0.1, 0.15) is 18.5 Å². The molecule has 0 amide bonds. The maximum Gasteiger partial charge on any atom is 0.433 e. The van der Waals surface area contributed by atoms with E-state index in [1.54, 1.807) is 18.5 Å². The van der Waals surface area contributed by atoms with E-state index < -0.39 is 17.4 Å². The van der Waals surface area contributed by atoms with Crippen LogP contribution in [0.5, 0.6) is 0 Å². The summed E-state index contributed by atoms with van der Waals surface area (Å²) in [5.74, 6) is 0.880. The maximum absolute atomic E-state index is 12.5. The van der Waals surface area contributed by atoms with Gasteiger partial charge < -0.3 is 4.90 Å². The molecule has 0 unspecified atom stereocenters. The Morgan fingerprint density at radius 3 is 2.38 bits per heavy atom. The first-order valence-electron chi connectivity index (χ1n) is 7.59. The third kappa shape index (κ3) is 3.72. The predicted molar refractivity (Wildman–Crippen MR) is 80.5 cm³/mol. The van der Waals surface area contributed by atoms with Crippen molar-refractivity contribution in [2.45, 2.75) is 25.6 Å². The zero-order valence-electron chi connectivity index (χ0n) is 12.8. The lowest BCUT2D eigenvalue weighted by atomic mass is 9.97. The van der Waals surface area contributed by atoms with Crippen LogP contribution < -0.4 is 10.5 Å². The van der Waals surface area contributed by atoms with Crippen molar-refractivity contribution in [3.05, 3.63) is 46.9 Å². The Hall–Kier alpha value is -2.45. The minimum Gasteiger partial charge on any atom is -0.341 e. The lowest BCUT2D eigenvalue weighted by molar-refractivity contribution is -0.141. The molecule has 0 N–H and O–H groups in total. The summed E-state index contributed by atoms with van der Waals surface area (Å²) >= 11 is 0. The van der Waals surface area contributed by atoms with Crippen LogP contribution in [0.3, 0.4) is 0 Å². The second-order valence-corrected chi connectivity index (χ2v) is 5.74. The van der Waals surface area contributed by atoms with Crippen LogP contribution in [0.15, 0.2) is 35.6 Å². The van der Waals surface area contributed by atoms with E-state index in [9.17, 15) is 18.0 Å². The van der Waals surface area contributed by atoms with E-state index in [0.717, 1.165) is 32.3 Å². The fourth-order valence-corrected chi connectivity index (χ4v) is 2.77. The van der Waals surface area contributed by atoms with Gasteiger partial charge in [0.2, 0.25) is 5.95 Å². The molecule has 2 aromatic rings. The first-order chi connectivity index (χ1) is 11.4. The van der Waals surface area contributed by atoms with Crippen molar-refractivity contribution in [2.75, 3.05) is 18.0 Å². The van der Waals surface area contributed by atoms with Gasteiger partial charge in [0.15, 0.2) is 5.69 Å². The number of aromatic nitrogens is 4. The van der Waals surface area contributed by atoms with Gasteiger partial charge in [-0.1, -0.05) is 0 Å². The second kappa shape index (κ2) is 6.58. The van der Waals surface area contributed by atoms with E-state index in [1.165, 1.54) is 4.57 Å². The first kappa shape index (κ1) is 16.4. The molecule has 1 saturated heterocycles. The lowest BCUT2D eigenvalue weighted by Crippen LogP contribution is -2.37. The summed E-state index contributed by atoms with van der Waals surface area (Å²) in [6, 6.07) is 2.30. The Labute approximate surface area is 136 Å². The monoisotopic (exact) mass is 339 g/mol. The van der Waals surface area contributed by atoms with Crippen LogP contribution in [0.2, 0.25) is 0 Å². The normalized spacial score (nSPS) is 16.4. The minimum absolute atomic E-state index is 0.209. The van der Waals surface area contributed by atoms with Gasteiger partial charge in [-0.15, -0.1) is 0 Å². The van der Waals surface area contributed by atoms with Gasteiger partial charge in [-0.2, -0.15) is 13.2 Å². The average Bonchev–Trinajstić information content (AvgIpc) is 2.57. The van der Waals surface area contributed by atoms with E-state index in [0.29, 0.717) is 18.6 Å². The highest BCUT2D eigenvalue weighted by atomic mass is 19.4. The Kier molecular flexibility index (Phi) is 4.50. The SMILES string of the molecule is O=c1cc(C(F)(F)F)ncn1CC1CCN(c2ncccn2)CC1. The molecule has 1 aliphatic rings. The van der Waals surface area contributed by atoms with Crippen molar-refractivity contribution in [3.8, 4) is 0 Å². The number of nitrogens with zero attached hydrogens (tertiary/aromatic N) is 5. The van der Waals surface area contributed by atoms with E-state index in [1.807, 2.05) is 0 Å². The third-order valence-corrected chi connectivity index (χ3v) is 4.07. The Bertz CT molecular complexity index is 739. The van der Waals surface area contributed by atoms with Crippen LogP contribution in [0, 0.1) is 5.92 Å². The molecule has 9 heteroatoms.